The number of aromatic nitrogens is 3. The minimum absolute atomic E-state index is 0.0265. The highest BCUT2D eigenvalue weighted by Crippen LogP contribution is 2.17. The van der Waals surface area contributed by atoms with Crippen LogP contribution in [0.1, 0.15) is 26.2 Å². The molecular formula is C16H21ClN6O3S. The number of carbonyl (C=O) groups excluding carboxylic acids is 1. The average molecular weight is 413 g/mol. The Balaban J connectivity index is 1.60. The molecule has 9 nitrogen and oxygen atoms in total. The van der Waals surface area contributed by atoms with Crippen LogP contribution in [0.4, 0.5) is 11.9 Å². The summed E-state index contributed by atoms with van der Waals surface area (Å²) in [5.41, 5.74) is 0. The third-order valence-electron chi connectivity index (χ3n) is 4.20. The average Bonchev–Trinajstić information content (AvgIpc) is 3.11. The molecule has 0 spiro atoms. The molecule has 0 aliphatic carbocycles. The second-order valence-electron chi connectivity index (χ2n) is 6.32. The molecule has 1 saturated heterocycles. The molecule has 1 aliphatic rings. The van der Waals surface area contributed by atoms with Crippen LogP contribution in [0.25, 0.3) is 0 Å². The van der Waals surface area contributed by atoms with Gasteiger partial charge in [0.15, 0.2) is 0 Å². The Hall–Kier alpha value is -2.17. The fraction of sp³-hybridized carbons (Fsp3) is 0.438. The number of anilines is 2. The van der Waals surface area contributed by atoms with Crippen LogP contribution >= 0.6 is 11.6 Å². The van der Waals surface area contributed by atoms with E-state index >= 15 is 0 Å². The van der Waals surface area contributed by atoms with E-state index in [0.29, 0.717) is 11.0 Å². The van der Waals surface area contributed by atoms with E-state index in [0.717, 1.165) is 25.9 Å². The summed E-state index contributed by atoms with van der Waals surface area (Å²) in [4.78, 5) is 18.6. The van der Waals surface area contributed by atoms with Gasteiger partial charge in [0.25, 0.3) is 0 Å². The molecule has 146 valence electrons. The van der Waals surface area contributed by atoms with Crippen LogP contribution in [-0.2, 0) is 14.8 Å². The van der Waals surface area contributed by atoms with Crippen molar-refractivity contribution in [3.05, 3.63) is 29.3 Å². The zero-order valence-corrected chi connectivity index (χ0v) is 16.3. The van der Waals surface area contributed by atoms with E-state index in [2.05, 4.69) is 25.2 Å². The number of H-pyrrole nitrogens is 1. The predicted octanol–water partition coefficient (Wildman–Crippen LogP) is 1.75. The largest absolute Gasteiger partial charge is 0.340 e. The third-order valence-corrected chi connectivity index (χ3v) is 6.01. The van der Waals surface area contributed by atoms with Gasteiger partial charge >= 0.3 is 0 Å². The Morgan fingerprint density at radius 2 is 1.89 bits per heavy atom. The summed E-state index contributed by atoms with van der Waals surface area (Å²) in [6.45, 7) is 3.20. The molecule has 1 aromatic heterocycles. The second kappa shape index (κ2) is 8.24. The summed E-state index contributed by atoms with van der Waals surface area (Å²) < 4.78 is 27.0. The molecule has 0 unspecified atom stereocenters. The van der Waals surface area contributed by atoms with Crippen LogP contribution in [0.2, 0.25) is 5.02 Å². The minimum atomic E-state index is -3.85. The number of piperidine rings is 1. The zero-order valence-electron chi connectivity index (χ0n) is 14.8. The number of nitrogens with zero attached hydrogens (tertiary/aromatic N) is 3. The normalized spacial score (nSPS) is 16.1. The molecule has 2 aromatic rings. The van der Waals surface area contributed by atoms with Crippen LogP contribution in [0, 0.1) is 0 Å². The van der Waals surface area contributed by atoms with Gasteiger partial charge in [-0.2, -0.15) is 9.71 Å². The number of carbonyl (C=O) groups is 1. The molecule has 11 heteroatoms. The maximum atomic E-state index is 12.3. The van der Waals surface area contributed by atoms with Crippen molar-refractivity contribution in [3.63, 3.8) is 0 Å². The summed E-state index contributed by atoms with van der Waals surface area (Å²) >= 11 is 5.77. The maximum absolute atomic E-state index is 12.3. The summed E-state index contributed by atoms with van der Waals surface area (Å²) in [6.07, 6.45) is 3.36. The predicted molar refractivity (Wildman–Crippen MR) is 102 cm³/mol. The van der Waals surface area contributed by atoms with Crippen molar-refractivity contribution in [3.8, 4) is 0 Å². The molecule has 0 radical (unpaired) electrons. The van der Waals surface area contributed by atoms with Gasteiger partial charge in [-0.25, -0.2) is 13.5 Å². The smallest absolute Gasteiger partial charge is 0.246 e. The summed E-state index contributed by atoms with van der Waals surface area (Å²) in [7, 11) is -3.85. The Kier molecular flexibility index (Phi) is 5.98. The first-order chi connectivity index (χ1) is 12.8. The Morgan fingerprint density at radius 3 is 2.56 bits per heavy atom. The first-order valence-corrected chi connectivity index (χ1v) is 10.5. The van der Waals surface area contributed by atoms with Crippen molar-refractivity contribution in [2.75, 3.05) is 23.3 Å². The highest BCUT2D eigenvalue weighted by atomic mass is 35.5. The lowest BCUT2D eigenvalue weighted by Crippen LogP contribution is -2.41. The number of rotatable bonds is 6. The van der Waals surface area contributed by atoms with Gasteiger partial charge in [0.2, 0.25) is 27.8 Å². The highest BCUT2D eigenvalue weighted by Gasteiger charge is 2.23. The van der Waals surface area contributed by atoms with Gasteiger partial charge in [-0.3, -0.25) is 10.1 Å². The van der Waals surface area contributed by atoms with Crippen LogP contribution in [0.5, 0.6) is 0 Å². The van der Waals surface area contributed by atoms with Crippen molar-refractivity contribution in [1.82, 2.24) is 19.9 Å². The van der Waals surface area contributed by atoms with E-state index in [-0.39, 0.29) is 10.8 Å². The van der Waals surface area contributed by atoms with Crippen molar-refractivity contribution in [1.29, 1.82) is 0 Å². The monoisotopic (exact) mass is 412 g/mol. The lowest BCUT2D eigenvalue weighted by molar-refractivity contribution is -0.117. The molecule has 1 fully saturated rings. The molecule has 1 aromatic carbocycles. The van der Waals surface area contributed by atoms with Crippen LogP contribution in [0.15, 0.2) is 29.2 Å². The minimum Gasteiger partial charge on any atom is -0.340 e. The van der Waals surface area contributed by atoms with E-state index < -0.39 is 22.0 Å². The fourth-order valence-electron chi connectivity index (χ4n) is 2.74. The Bertz CT molecular complexity index is 893. The van der Waals surface area contributed by atoms with Gasteiger partial charge in [0.1, 0.15) is 0 Å². The van der Waals surface area contributed by atoms with E-state index in [1.54, 1.807) is 0 Å². The number of nitrogens with one attached hydrogen (secondary N) is 3. The fourth-order valence-corrected chi connectivity index (χ4v) is 4.07. The van der Waals surface area contributed by atoms with Crippen molar-refractivity contribution in [2.45, 2.75) is 37.1 Å². The second-order valence-corrected chi connectivity index (χ2v) is 8.47. The van der Waals surface area contributed by atoms with Gasteiger partial charge in [-0.1, -0.05) is 11.6 Å². The maximum Gasteiger partial charge on any atom is 0.246 e. The molecule has 0 saturated carbocycles. The summed E-state index contributed by atoms with van der Waals surface area (Å²) in [6, 6.07) is 4.68. The highest BCUT2D eigenvalue weighted by molar-refractivity contribution is 7.89. The molecule has 3 N–H and O–H groups in total. The van der Waals surface area contributed by atoms with Gasteiger partial charge in [0, 0.05) is 18.1 Å². The van der Waals surface area contributed by atoms with Crippen molar-refractivity contribution in [2.24, 2.45) is 0 Å². The first kappa shape index (κ1) is 19.6. The number of sulfonamides is 1. The van der Waals surface area contributed by atoms with E-state index in [1.165, 1.54) is 37.6 Å². The Labute approximate surface area is 162 Å². The standard InChI is InChI=1S/C16H21ClN6O3S/c1-11(22-27(25,26)13-7-5-12(17)6-8-13)14(24)18-15-19-16(21-20-15)23-9-3-2-4-10-23/h5-8,11,22H,2-4,9-10H2,1H3,(H2,18,19,20,21,24)/t11-/m0/s1. The number of hydrogen-bond acceptors (Lipinski definition) is 6. The first-order valence-electron chi connectivity index (χ1n) is 8.61. The quantitative estimate of drug-likeness (QED) is 0.664. The molecule has 1 amide bonds. The van der Waals surface area contributed by atoms with E-state index in [4.69, 9.17) is 11.6 Å². The lowest BCUT2D eigenvalue weighted by Gasteiger charge is -2.24. The van der Waals surface area contributed by atoms with Crippen LogP contribution in [0.3, 0.4) is 0 Å². The number of benzene rings is 1. The molecular weight excluding hydrogens is 392 g/mol. The van der Waals surface area contributed by atoms with E-state index in [1.807, 2.05) is 4.90 Å². The Morgan fingerprint density at radius 1 is 1.22 bits per heavy atom. The van der Waals surface area contributed by atoms with Gasteiger partial charge < -0.3 is 4.90 Å². The van der Waals surface area contributed by atoms with Gasteiger partial charge in [-0.05, 0) is 50.5 Å². The number of amides is 1. The van der Waals surface area contributed by atoms with Crippen molar-refractivity contribution >= 4 is 39.4 Å². The zero-order chi connectivity index (χ0) is 19.4. The molecule has 27 heavy (non-hydrogen) atoms. The number of hydrogen-bond donors (Lipinski definition) is 3. The molecule has 3 rings (SSSR count). The third kappa shape index (κ3) is 4.96. The topological polar surface area (TPSA) is 120 Å². The molecule has 1 aliphatic heterocycles. The van der Waals surface area contributed by atoms with Crippen molar-refractivity contribution < 1.29 is 13.2 Å². The molecule has 0 bridgehead atoms. The molecule has 2 heterocycles. The SMILES string of the molecule is C[C@H](NS(=O)(=O)c1ccc(Cl)cc1)C(=O)Nc1nc(N2CCCCC2)n[nH]1. The van der Waals surface area contributed by atoms with E-state index in [9.17, 15) is 13.2 Å². The van der Waals surface area contributed by atoms with Crippen LogP contribution in [-0.4, -0.2) is 48.6 Å². The summed E-state index contributed by atoms with van der Waals surface area (Å²) in [5.74, 6) is 0.159. The summed E-state index contributed by atoms with van der Waals surface area (Å²) in [5, 5.41) is 9.74. The van der Waals surface area contributed by atoms with Crippen LogP contribution < -0.4 is 14.9 Å². The number of halogens is 1. The number of aromatic amines is 1. The van der Waals surface area contributed by atoms with Gasteiger partial charge in [0.05, 0.1) is 10.9 Å². The lowest BCUT2D eigenvalue weighted by atomic mass is 10.1. The van der Waals surface area contributed by atoms with Gasteiger partial charge in [-0.15, -0.1) is 5.10 Å². The molecule has 1 atom stereocenters.